The standard InChI is InChI=1S/C12H25NO/c1-7-8-13-11(9(2)3)12(14-6)10(4)5/h10-13H,2,7-8H2,1,3-6H3. The zero-order chi connectivity index (χ0) is 11.1. The Morgan fingerprint density at radius 2 is 2.00 bits per heavy atom. The van der Waals surface area contributed by atoms with Crippen LogP contribution in [0.5, 0.6) is 0 Å². The third-order valence-electron chi connectivity index (χ3n) is 2.40. The smallest absolute Gasteiger partial charge is 0.0785 e. The van der Waals surface area contributed by atoms with Crippen LogP contribution < -0.4 is 5.32 Å². The van der Waals surface area contributed by atoms with Crippen molar-refractivity contribution in [2.24, 2.45) is 5.92 Å². The van der Waals surface area contributed by atoms with Gasteiger partial charge in [0.2, 0.25) is 0 Å². The molecule has 14 heavy (non-hydrogen) atoms. The zero-order valence-electron chi connectivity index (χ0n) is 10.3. The van der Waals surface area contributed by atoms with Crippen molar-refractivity contribution in [3.63, 3.8) is 0 Å². The molecular formula is C12H25NO. The van der Waals surface area contributed by atoms with Gasteiger partial charge in [0.1, 0.15) is 0 Å². The van der Waals surface area contributed by atoms with Crippen molar-refractivity contribution in [3.8, 4) is 0 Å². The Hall–Kier alpha value is -0.340. The second kappa shape index (κ2) is 7.02. The Labute approximate surface area is 88.7 Å². The van der Waals surface area contributed by atoms with Crippen LogP contribution >= 0.6 is 0 Å². The van der Waals surface area contributed by atoms with Crippen molar-refractivity contribution in [2.45, 2.75) is 46.3 Å². The third kappa shape index (κ3) is 4.25. The van der Waals surface area contributed by atoms with Gasteiger partial charge in [0, 0.05) is 7.11 Å². The van der Waals surface area contributed by atoms with Gasteiger partial charge in [-0.1, -0.05) is 32.9 Å². The molecule has 0 aliphatic carbocycles. The maximum absolute atomic E-state index is 5.51. The van der Waals surface area contributed by atoms with Gasteiger partial charge in [-0.3, -0.25) is 0 Å². The summed E-state index contributed by atoms with van der Waals surface area (Å²) in [6, 6.07) is 0.278. The predicted molar refractivity (Wildman–Crippen MR) is 62.5 cm³/mol. The number of rotatable bonds is 7. The average Bonchev–Trinajstić information content (AvgIpc) is 2.10. The Balaban J connectivity index is 4.36. The van der Waals surface area contributed by atoms with Gasteiger partial charge in [-0.25, -0.2) is 0 Å². The highest BCUT2D eigenvalue weighted by Crippen LogP contribution is 2.15. The molecule has 2 heteroatoms. The SMILES string of the molecule is C=C(C)C(NCCC)C(OC)C(C)C. The average molecular weight is 199 g/mol. The van der Waals surface area contributed by atoms with E-state index in [4.69, 9.17) is 4.74 Å². The van der Waals surface area contributed by atoms with Gasteiger partial charge in [-0.2, -0.15) is 0 Å². The molecule has 0 saturated carbocycles. The minimum atomic E-state index is 0.221. The first kappa shape index (κ1) is 13.7. The van der Waals surface area contributed by atoms with Crippen LogP contribution in [0.15, 0.2) is 12.2 Å². The molecule has 0 fully saturated rings. The van der Waals surface area contributed by atoms with Gasteiger partial charge in [-0.15, -0.1) is 0 Å². The molecule has 0 aliphatic rings. The zero-order valence-corrected chi connectivity index (χ0v) is 10.3. The van der Waals surface area contributed by atoms with Crippen molar-refractivity contribution in [2.75, 3.05) is 13.7 Å². The van der Waals surface area contributed by atoms with E-state index in [1.54, 1.807) is 7.11 Å². The van der Waals surface area contributed by atoms with E-state index in [-0.39, 0.29) is 12.1 Å². The summed E-state index contributed by atoms with van der Waals surface area (Å²) >= 11 is 0. The molecule has 0 amide bonds. The number of hydrogen-bond donors (Lipinski definition) is 1. The normalized spacial score (nSPS) is 15.6. The van der Waals surface area contributed by atoms with Gasteiger partial charge in [0.15, 0.2) is 0 Å². The molecule has 2 atom stereocenters. The van der Waals surface area contributed by atoms with Crippen LogP contribution in [0.2, 0.25) is 0 Å². The lowest BCUT2D eigenvalue weighted by molar-refractivity contribution is 0.0431. The molecule has 84 valence electrons. The Bertz CT molecular complexity index is 166. The Kier molecular flexibility index (Phi) is 6.85. The van der Waals surface area contributed by atoms with E-state index in [9.17, 15) is 0 Å². The summed E-state index contributed by atoms with van der Waals surface area (Å²) < 4.78 is 5.51. The van der Waals surface area contributed by atoms with E-state index in [0.717, 1.165) is 18.5 Å². The number of hydrogen-bond acceptors (Lipinski definition) is 2. The van der Waals surface area contributed by atoms with Crippen molar-refractivity contribution < 1.29 is 4.74 Å². The van der Waals surface area contributed by atoms with Crippen LogP contribution in [0.3, 0.4) is 0 Å². The monoisotopic (exact) mass is 199 g/mol. The molecule has 0 aromatic carbocycles. The van der Waals surface area contributed by atoms with Crippen LogP contribution in [0.25, 0.3) is 0 Å². The van der Waals surface area contributed by atoms with E-state index in [0.29, 0.717) is 5.92 Å². The van der Waals surface area contributed by atoms with Crippen LogP contribution in [0, 0.1) is 5.92 Å². The summed E-state index contributed by atoms with van der Waals surface area (Å²) in [7, 11) is 1.77. The summed E-state index contributed by atoms with van der Waals surface area (Å²) in [6.07, 6.45) is 1.36. The number of methoxy groups -OCH3 is 1. The third-order valence-corrected chi connectivity index (χ3v) is 2.40. The molecule has 0 aromatic heterocycles. The largest absolute Gasteiger partial charge is 0.379 e. The fraction of sp³-hybridized carbons (Fsp3) is 0.833. The fourth-order valence-corrected chi connectivity index (χ4v) is 1.66. The first-order valence-corrected chi connectivity index (χ1v) is 5.46. The molecule has 0 heterocycles. The van der Waals surface area contributed by atoms with Crippen molar-refractivity contribution in [1.82, 2.24) is 5.32 Å². The molecule has 2 unspecified atom stereocenters. The van der Waals surface area contributed by atoms with Gasteiger partial charge >= 0.3 is 0 Å². The lowest BCUT2D eigenvalue weighted by atomic mass is 9.95. The van der Waals surface area contributed by atoms with Gasteiger partial charge in [0.05, 0.1) is 12.1 Å². The van der Waals surface area contributed by atoms with E-state index >= 15 is 0 Å². The van der Waals surface area contributed by atoms with Gasteiger partial charge in [0.25, 0.3) is 0 Å². The highest BCUT2D eigenvalue weighted by Gasteiger charge is 2.23. The number of ether oxygens (including phenoxy) is 1. The van der Waals surface area contributed by atoms with E-state index < -0.39 is 0 Å². The van der Waals surface area contributed by atoms with Crippen molar-refractivity contribution in [3.05, 3.63) is 12.2 Å². The van der Waals surface area contributed by atoms with Crippen LogP contribution in [0.4, 0.5) is 0 Å². The van der Waals surface area contributed by atoms with Crippen LogP contribution in [-0.4, -0.2) is 25.8 Å². The summed E-state index contributed by atoms with van der Waals surface area (Å²) in [4.78, 5) is 0. The first-order chi connectivity index (χ1) is 6.54. The van der Waals surface area contributed by atoms with E-state index in [1.807, 2.05) is 0 Å². The van der Waals surface area contributed by atoms with Crippen molar-refractivity contribution in [1.29, 1.82) is 0 Å². The van der Waals surface area contributed by atoms with Crippen molar-refractivity contribution >= 4 is 0 Å². The second-order valence-corrected chi connectivity index (χ2v) is 4.22. The highest BCUT2D eigenvalue weighted by molar-refractivity contribution is 5.06. The topological polar surface area (TPSA) is 21.3 Å². The predicted octanol–water partition coefficient (Wildman–Crippen LogP) is 2.60. The molecule has 2 nitrogen and oxygen atoms in total. The molecule has 0 bridgehead atoms. The van der Waals surface area contributed by atoms with Gasteiger partial charge in [-0.05, 0) is 25.8 Å². The van der Waals surface area contributed by atoms with E-state index in [1.165, 1.54) is 0 Å². The lowest BCUT2D eigenvalue weighted by Crippen LogP contribution is -2.44. The Morgan fingerprint density at radius 1 is 1.43 bits per heavy atom. The maximum Gasteiger partial charge on any atom is 0.0785 e. The minimum Gasteiger partial charge on any atom is -0.379 e. The Morgan fingerprint density at radius 3 is 2.29 bits per heavy atom. The molecule has 0 saturated heterocycles. The first-order valence-electron chi connectivity index (χ1n) is 5.46. The fourth-order valence-electron chi connectivity index (χ4n) is 1.66. The molecule has 0 radical (unpaired) electrons. The molecular weight excluding hydrogens is 174 g/mol. The van der Waals surface area contributed by atoms with Crippen LogP contribution in [0.1, 0.15) is 34.1 Å². The quantitative estimate of drug-likeness (QED) is 0.636. The minimum absolute atomic E-state index is 0.221. The van der Waals surface area contributed by atoms with Crippen LogP contribution in [-0.2, 0) is 4.74 Å². The summed E-state index contributed by atoms with van der Waals surface area (Å²) in [5.41, 5.74) is 1.15. The summed E-state index contributed by atoms with van der Waals surface area (Å²) in [5, 5.41) is 3.48. The molecule has 0 rings (SSSR count). The maximum atomic E-state index is 5.51. The highest BCUT2D eigenvalue weighted by atomic mass is 16.5. The summed E-state index contributed by atoms with van der Waals surface area (Å²) in [6.45, 7) is 13.6. The molecule has 0 aliphatic heterocycles. The molecule has 1 N–H and O–H groups in total. The summed E-state index contributed by atoms with van der Waals surface area (Å²) in [5.74, 6) is 0.506. The number of nitrogens with one attached hydrogen (secondary N) is 1. The molecule has 0 aromatic rings. The lowest BCUT2D eigenvalue weighted by Gasteiger charge is -2.30. The second-order valence-electron chi connectivity index (χ2n) is 4.22. The molecule has 0 spiro atoms. The van der Waals surface area contributed by atoms with E-state index in [2.05, 4.69) is 39.6 Å². The van der Waals surface area contributed by atoms with Gasteiger partial charge < -0.3 is 10.1 Å².